The van der Waals surface area contributed by atoms with Gasteiger partial charge in [-0.1, -0.05) is 61.0 Å². The number of hydrogen-bond acceptors (Lipinski definition) is 3. The molecule has 4 heteroatoms. The zero-order valence-electron chi connectivity index (χ0n) is 18.2. The van der Waals surface area contributed by atoms with Crippen molar-refractivity contribution in [1.82, 2.24) is 10.5 Å². The summed E-state index contributed by atoms with van der Waals surface area (Å²) in [6, 6.07) is 15.8. The molecule has 1 amide bonds. The average molecular weight is 413 g/mol. The second kappa shape index (κ2) is 9.66. The molecule has 0 unspecified atom stereocenters. The van der Waals surface area contributed by atoms with Gasteiger partial charge in [-0.05, 0) is 55.5 Å². The van der Waals surface area contributed by atoms with Gasteiger partial charge >= 0.3 is 0 Å². The molecule has 1 saturated carbocycles. The molecule has 1 aliphatic rings. The first kappa shape index (κ1) is 20.9. The Morgan fingerprint density at radius 1 is 1.13 bits per heavy atom. The topological polar surface area (TPSA) is 55.1 Å². The molecule has 0 spiro atoms. The lowest BCUT2D eigenvalue weighted by molar-refractivity contribution is 0.0947. The van der Waals surface area contributed by atoms with Gasteiger partial charge in [0.15, 0.2) is 5.76 Å². The fourth-order valence-electron chi connectivity index (χ4n) is 3.91. The fourth-order valence-corrected chi connectivity index (χ4v) is 3.91. The van der Waals surface area contributed by atoms with Crippen molar-refractivity contribution in [1.29, 1.82) is 0 Å². The summed E-state index contributed by atoms with van der Waals surface area (Å²) >= 11 is 0. The molecule has 0 saturated heterocycles. The summed E-state index contributed by atoms with van der Waals surface area (Å²) in [6.45, 7) is 4.42. The Balaban J connectivity index is 1.36. The minimum absolute atomic E-state index is 0.136. The Hall–Kier alpha value is -3.32. The van der Waals surface area contributed by atoms with Crippen molar-refractivity contribution < 1.29 is 9.32 Å². The molecule has 0 atom stereocenters. The van der Waals surface area contributed by atoms with Crippen LogP contribution in [0.4, 0.5) is 0 Å². The summed E-state index contributed by atoms with van der Waals surface area (Å²) in [4.78, 5) is 12.6. The third-order valence-electron chi connectivity index (χ3n) is 5.89. The van der Waals surface area contributed by atoms with Crippen LogP contribution in [0.25, 0.3) is 11.3 Å². The number of aryl methyl sites for hydroxylation is 2. The average Bonchev–Trinajstić information content (AvgIpc) is 3.49. The van der Waals surface area contributed by atoms with Gasteiger partial charge in [-0.15, -0.1) is 0 Å². The maximum Gasteiger partial charge on any atom is 0.251 e. The van der Waals surface area contributed by atoms with E-state index in [9.17, 15) is 4.79 Å². The second-order valence-corrected chi connectivity index (χ2v) is 8.19. The van der Waals surface area contributed by atoms with Gasteiger partial charge in [0.1, 0.15) is 5.69 Å². The van der Waals surface area contributed by atoms with Crippen LogP contribution in [0.1, 0.15) is 65.4 Å². The number of rotatable bonds is 5. The molecule has 0 aliphatic heterocycles. The summed E-state index contributed by atoms with van der Waals surface area (Å²) in [7, 11) is 0. The quantitative estimate of drug-likeness (QED) is 0.548. The molecule has 1 aromatic heterocycles. The van der Waals surface area contributed by atoms with Gasteiger partial charge in [-0.25, -0.2) is 0 Å². The van der Waals surface area contributed by atoms with Crippen LogP contribution < -0.4 is 5.32 Å². The zero-order valence-corrected chi connectivity index (χ0v) is 18.2. The third kappa shape index (κ3) is 5.24. The highest BCUT2D eigenvalue weighted by atomic mass is 16.5. The lowest BCUT2D eigenvalue weighted by atomic mass is 10.0. The zero-order chi connectivity index (χ0) is 21.6. The monoisotopic (exact) mass is 412 g/mol. The maximum atomic E-state index is 12.6. The highest BCUT2D eigenvalue weighted by Gasteiger charge is 2.13. The van der Waals surface area contributed by atoms with E-state index in [0.29, 0.717) is 23.8 Å². The number of nitrogens with zero attached hydrogens (tertiary/aromatic N) is 1. The molecule has 4 nitrogen and oxygen atoms in total. The van der Waals surface area contributed by atoms with E-state index in [1.807, 2.05) is 43.3 Å². The van der Waals surface area contributed by atoms with Gasteiger partial charge < -0.3 is 9.84 Å². The molecule has 1 aliphatic carbocycles. The van der Waals surface area contributed by atoms with Crippen molar-refractivity contribution in [2.24, 2.45) is 5.92 Å². The number of carbonyl (C=O) groups excluding carboxylic acids is 1. The van der Waals surface area contributed by atoms with Crippen LogP contribution in [0.2, 0.25) is 0 Å². The fraction of sp³-hybridized carbons (Fsp3) is 0.333. The summed E-state index contributed by atoms with van der Waals surface area (Å²) in [6.07, 6.45) is 5.99. The molecule has 3 aromatic rings. The third-order valence-corrected chi connectivity index (χ3v) is 5.89. The summed E-state index contributed by atoms with van der Waals surface area (Å²) in [5.41, 5.74) is 5.70. The maximum absolute atomic E-state index is 12.6. The van der Waals surface area contributed by atoms with Crippen molar-refractivity contribution in [3.8, 4) is 23.1 Å². The Kier molecular flexibility index (Phi) is 6.52. The van der Waals surface area contributed by atoms with E-state index in [1.54, 1.807) is 0 Å². The van der Waals surface area contributed by atoms with Crippen molar-refractivity contribution in [3.63, 3.8) is 0 Å². The van der Waals surface area contributed by atoms with Crippen molar-refractivity contribution >= 4 is 5.91 Å². The molecule has 2 aromatic carbocycles. The first-order valence-electron chi connectivity index (χ1n) is 11.1. The molecule has 0 bridgehead atoms. The van der Waals surface area contributed by atoms with Gasteiger partial charge in [0, 0.05) is 28.7 Å². The van der Waals surface area contributed by atoms with Gasteiger partial charge in [0.2, 0.25) is 0 Å². The smallest absolute Gasteiger partial charge is 0.251 e. The lowest BCUT2D eigenvalue weighted by Gasteiger charge is -2.05. The molecule has 1 heterocycles. The summed E-state index contributed by atoms with van der Waals surface area (Å²) in [5, 5.41) is 7.04. The van der Waals surface area contributed by atoms with Crippen LogP contribution in [-0.2, 0) is 13.0 Å². The van der Waals surface area contributed by atoms with E-state index in [2.05, 4.69) is 41.4 Å². The molecule has 1 fully saturated rings. The largest absolute Gasteiger partial charge is 0.359 e. The Labute approximate surface area is 184 Å². The molecule has 158 valence electrons. The molecular weight excluding hydrogens is 384 g/mol. The normalized spacial score (nSPS) is 13.6. The van der Waals surface area contributed by atoms with E-state index >= 15 is 0 Å². The second-order valence-electron chi connectivity index (χ2n) is 8.19. The van der Waals surface area contributed by atoms with Crippen molar-refractivity contribution in [2.45, 2.75) is 52.5 Å². The Morgan fingerprint density at radius 2 is 1.90 bits per heavy atom. The molecule has 4 rings (SSSR count). The van der Waals surface area contributed by atoms with Gasteiger partial charge in [-0.3, -0.25) is 4.79 Å². The Morgan fingerprint density at radius 3 is 2.61 bits per heavy atom. The van der Waals surface area contributed by atoms with Gasteiger partial charge in [-0.2, -0.15) is 0 Å². The number of aromatic nitrogens is 1. The first-order valence-corrected chi connectivity index (χ1v) is 11.1. The van der Waals surface area contributed by atoms with Gasteiger partial charge in [0.05, 0.1) is 6.54 Å². The number of carbonyl (C=O) groups is 1. The van der Waals surface area contributed by atoms with Crippen LogP contribution in [0, 0.1) is 24.7 Å². The SMILES string of the molecule is CCc1ccc(-c2cc(CNC(=O)c3ccc(C#CC4CCCC4)c(C)c3)on2)cc1. The Bertz CT molecular complexity index is 1110. The lowest BCUT2D eigenvalue weighted by Crippen LogP contribution is -2.22. The minimum atomic E-state index is -0.136. The standard InChI is InChI=1S/C27H28N2O2/c1-3-20-8-12-23(13-9-20)26-17-25(31-29-26)18-28-27(30)24-15-14-22(19(2)16-24)11-10-21-6-4-5-7-21/h8-9,12-17,21H,3-7,18H2,1-2H3,(H,28,30). The first-order chi connectivity index (χ1) is 15.1. The van der Waals surface area contributed by atoms with Crippen LogP contribution in [0.5, 0.6) is 0 Å². The van der Waals surface area contributed by atoms with E-state index < -0.39 is 0 Å². The van der Waals surface area contributed by atoms with Crippen molar-refractivity contribution in [2.75, 3.05) is 0 Å². The number of nitrogens with one attached hydrogen (secondary N) is 1. The highest BCUT2D eigenvalue weighted by molar-refractivity contribution is 5.94. The molecular formula is C27H28N2O2. The van der Waals surface area contributed by atoms with E-state index in [-0.39, 0.29) is 5.91 Å². The van der Waals surface area contributed by atoms with E-state index in [1.165, 1.54) is 31.2 Å². The molecule has 1 N–H and O–H groups in total. The molecule has 31 heavy (non-hydrogen) atoms. The van der Waals surface area contributed by atoms with Crippen LogP contribution in [0.3, 0.4) is 0 Å². The van der Waals surface area contributed by atoms with E-state index in [0.717, 1.165) is 28.8 Å². The number of hydrogen-bond donors (Lipinski definition) is 1. The van der Waals surface area contributed by atoms with Crippen molar-refractivity contribution in [3.05, 3.63) is 76.5 Å². The number of benzene rings is 2. The minimum Gasteiger partial charge on any atom is -0.359 e. The summed E-state index contributed by atoms with van der Waals surface area (Å²) in [5.74, 6) is 7.70. The van der Waals surface area contributed by atoms with Crippen LogP contribution in [0.15, 0.2) is 53.1 Å². The summed E-state index contributed by atoms with van der Waals surface area (Å²) < 4.78 is 5.40. The van der Waals surface area contributed by atoms with Crippen LogP contribution in [-0.4, -0.2) is 11.1 Å². The van der Waals surface area contributed by atoms with E-state index in [4.69, 9.17) is 4.52 Å². The van der Waals surface area contributed by atoms with Gasteiger partial charge in [0.25, 0.3) is 5.91 Å². The van der Waals surface area contributed by atoms with Crippen LogP contribution >= 0.6 is 0 Å². The number of amides is 1. The molecule has 0 radical (unpaired) electrons. The predicted octanol–water partition coefficient (Wildman–Crippen LogP) is 5.68. The predicted molar refractivity (Wildman–Crippen MR) is 123 cm³/mol. The highest BCUT2D eigenvalue weighted by Crippen LogP contribution is 2.24.